The molecule has 0 saturated heterocycles. The van der Waals surface area contributed by atoms with Gasteiger partial charge in [-0.15, -0.1) is 23.2 Å². The van der Waals surface area contributed by atoms with Gasteiger partial charge in [-0.1, -0.05) is 13.8 Å². The van der Waals surface area contributed by atoms with Gasteiger partial charge in [-0.2, -0.15) is 0 Å². The van der Waals surface area contributed by atoms with Crippen molar-refractivity contribution in [2.24, 2.45) is 11.8 Å². The SMILES string of the molecule is CC(C)C1CCC(Cl)(Cl)CC1. The molecule has 0 amide bonds. The predicted octanol–water partition coefficient (Wildman–Crippen LogP) is 4.01. The van der Waals surface area contributed by atoms with Crippen molar-refractivity contribution < 1.29 is 0 Å². The van der Waals surface area contributed by atoms with E-state index >= 15 is 0 Å². The Bertz CT molecular complexity index is 120. The van der Waals surface area contributed by atoms with E-state index in [1.165, 1.54) is 12.8 Å². The fourth-order valence-corrected chi connectivity index (χ4v) is 2.17. The summed E-state index contributed by atoms with van der Waals surface area (Å²) in [4.78, 5) is 0. The van der Waals surface area contributed by atoms with Crippen LogP contribution in [0, 0.1) is 11.8 Å². The van der Waals surface area contributed by atoms with Gasteiger partial charge in [0, 0.05) is 0 Å². The molecule has 0 aromatic carbocycles. The Morgan fingerprint density at radius 2 is 1.64 bits per heavy atom. The maximum absolute atomic E-state index is 6.01. The maximum Gasteiger partial charge on any atom is 0.118 e. The maximum atomic E-state index is 6.01. The quantitative estimate of drug-likeness (QED) is 0.554. The highest BCUT2D eigenvalue weighted by Gasteiger charge is 2.31. The average molecular weight is 195 g/mol. The van der Waals surface area contributed by atoms with Gasteiger partial charge in [0.15, 0.2) is 0 Å². The molecule has 0 aliphatic heterocycles. The zero-order valence-electron chi connectivity index (χ0n) is 7.24. The predicted molar refractivity (Wildman–Crippen MR) is 51.2 cm³/mol. The van der Waals surface area contributed by atoms with Crippen LogP contribution in [-0.2, 0) is 0 Å². The van der Waals surface area contributed by atoms with Crippen molar-refractivity contribution in [1.29, 1.82) is 0 Å². The first-order chi connectivity index (χ1) is 5.01. The van der Waals surface area contributed by atoms with Crippen LogP contribution in [0.2, 0.25) is 0 Å². The minimum Gasteiger partial charge on any atom is -0.102 e. The number of rotatable bonds is 1. The van der Waals surface area contributed by atoms with Crippen molar-refractivity contribution in [3.8, 4) is 0 Å². The van der Waals surface area contributed by atoms with Crippen molar-refractivity contribution in [1.82, 2.24) is 0 Å². The molecule has 1 rings (SSSR count). The molecule has 0 aromatic rings. The zero-order valence-corrected chi connectivity index (χ0v) is 8.75. The fraction of sp³-hybridized carbons (Fsp3) is 1.00. The highest BCUT2D eigenvalue weighted by Crippen LogP contribution is 2.42. The Morgan fingerprint density at radius 1 is 1.18 bits per heavy atom. The fourth-order valence-electron chi connectivity index (χ4n) is 1.73. The molecule has 0 bridgehead atoms. The van der Waals surface area contributed by atoms with Gasteiger partial charge < -0.3 is 0 Å². The third kappa shape index (κ3) is 2.83. The van der Waals surface area contributed by atoms with Gasteiger partial charge in [0.25, 0.3) is 0 Å². The normalized spacial score (nSPS) is 25.9. The topological polar surface area (TPSA) is 0 Å². The molecule has 0 atom stereocenters. The molecule has 0 heterocycles. The second-order valence-corrected chi connectivity index (χ2v) is 5.58. The molecule has 0 aromatic heterocycles. The molecule has 1 saturated carbocycles. The molecule has 0 unspecified atom stereocenters. The van der Waals surface area contributed by atoms with Gasteiger partial charge in [0.05, 0.1) is 0 Å². The molecule has 2 heteroatoms. The van der Waals surface area contributed by atoms with Crippen LogP contribution in [-0.4, -0.2) is 4.33 Å². The van der Waals surface area contributed by atoms with Crippen molar-refractivity contribution in [3.05, 3.63) is 0 Å². The molecule has 0 spiro atoms. The number of hydrogen-bond donors (Lipinski definition) is 0. The highest BCUT2D eigenvalue weighted by molar-refractivity contribution is 6.48. The van der Waals surface area contributed by atoms with E-state index in [2.05, 4.69) is 13.8 Å². The lowest BCUT2D eigenvalue weighted by atomic mass is 9.81. The first-order valence-electron chi connectivity index (χ1n) is 4.39. The highest BCUT2D eigenvalue weighted by atomic mass is 35.5. The van der Waals surface area contributed by atoms with Crippen molar-refractivity contribution >= 4 is 23.2 Å². The van der Waals surface area contributed by atoms with Crippen LogP contribution in [0.1, 0.15) is 39.5 Å². The number of halogens is 2. The second-order valence-electron chi connectivity index (χ2n) is 3.94. The van der Waals surface area contributed by atoms with Gasteiger partial charge in [-0.3, -0.25) is 0 Å². The van der Waals surface area contributed by atoms with Gasteiger partial charge >= 0.3 is 0 Å². The summed E-state index contributed by atoms with van der Waals surface area (Å²) in [5.41, 5.74) is 0. The van der Waals surface area contributed by atoms with Gasteiger partial charge in [-0.25, -0.2) is 0 Å². The lowest BCUT2D eigenvalue weighted by molar-refractivity contribution is 0.271. The largest absolute Gasteiger partial charge is 0.118 e. The summed E-state index contributed by atoms with van der Waals surface area (Å²) in [6.07, 6.45) is 4.34. The Labute approximate surface area is 79.3 Å². The van der Waals surface area contributed by atoms with E-state index in [0.29, 0.717) is 0 Å². The lowest BCUT2D eigenvalue weighted by Gasteiger charge is -2.32. The molecule has 1 aliphatic carbocycles. The van der Waals surface area contributed by atoms with Crippen LogP contribution in [0.25, 0.3) is 0 Å². The zero-order chi connectivity index (χ0) is 8.48. The Kier molecular flexibility index (Phi) is 3.10. The summed E-state index contributed by atoms with van der Waals surface area (Å²) in [7, 11) is 0. The summed E-state index contributed by atoms with van der Waals surface area (Å²) in [5, 5.41) is 0. The monoisotopic (exact) mass is 194 g/mol. The van der Waals surface area contributed by atoms with Crippen molar-refractivity contribution in [2.75, 3.05) is 0 Å². The van der Waals surface area contributed by atoms with Gasteiger partial charge in [-0.05, 0) is 37.5 Å². The van der Waals surface area contributed by atoms with Crippen LogP contribution in [0.15, 0.2) is 0 Å². The molecule has 0 N–H and O–H groups in total. The smallest absolute Gasteiger partial charge is 0.102 e. The average Bonchev–Trinajstić information content (AvgIpc) is 1.86. The first kappa shape index (κ1) is 9.67. The van der Waals surface area contributed by atoms with E-state index in [0.717, 1.165) is 24.7 Å². The standard InChI is InChI=1S/C9H16Cl2/c1-7(2)8-3-5-9(10,11)6-4-8/h7-8H,3-6H2,1-2H3. The lowest BCUT2D eigenvalue weighted by Crippen LogP contribution is -2.24. The van der Waals surface area contributed by atoms with E-state index in [4.69, 9.17) is 23.2 Å². The van der Waals surface area contributed by atoms with Crippen LogP contribution in [0.3, 0.4) is 0 Å². The van der Waals surface area contributed by atoms with Gasteiger partial charge in [0.1, 0.15) is 4.33 Å². The minimum atomic E-state index is -0.411. The molecule has 11 heavy (non-hydrogen) atoms. The number of alkyl halides is 2. The molecular formula is C9H16Cl2. The summed E-state index contributed by atoms with van der Waals surface area (Å²) >= 11 is 12.0. The summed E-state index contributed by atoms with van der Waals surface area (Å²) in [6.45, 7) is 4.56. The van der Waals surface area contributed by atoms with Crippen LogP contribution in [0.4, 0.5) is 0 Å². The van der Waals surface area contributed by atoms with Crippen LogP contribution < -0.4 is 0 Å². The third-order valence-corrected chi connectivity index (χ3v) is 3.46. The third-order valence-electron chi connectivity index (χ3n) is 2.70. The van der Waals surface area contributed by atoms with E-state index < -0.39 is 4.33 Å². The summed E-state index contributed by atoms with van der Waals surface area (Å²) < 4.78 is -0.411. The van der Waals surface area contributed by atoms with Crippen molar-refractivity contribution in [2.45, 2.75) is 43.9 Å². The molecule has 66 valence electrons. The summed E-state index contributed by atoms with van der Waals surface area (Å²) in [5.74, 6) is 1.64. The van der Waals surface area contributed by atoms with Crippen molar-refractivity contribution in [3.63, 3.8) is 0 Å². The van der Waals surface area contributed by atoms with Crippen LogP contribution >= 0.6 is 23.2 Å². The molecular weight excluding hydrogens is 179 g/mol. The summed E-state index contributed by atoms with van der Waals surface area (Å²) in [6, 6.07) is 0. The number of hydrogen-bond acceptors (Lipinski definition) is 0. The van der Waals surface area contributed by atoms with Crippen LogP contribution in [0.5, 0.6) is 0 Å². The molecule has 1 fully saturated rings. The minimum absolute atomic E-state index is 0.411. The Balaban J connectivity index is 2.36. The molecule has 0 nitrogen and oxygen atoms in total. The van der Waals surface area contributed by atoms with E-state index in [-0.39, 0.29) is 0 Å². The van der Waals surface area contributed by atoms with E-state index in [1.807, 2.05) is 0 Å². The van der Waals surface area contributed by atoms with Gasteiger partial charge in [0.2, 0.25) is 0 Å². The Hall–Kier alpha value is 0.580. The molecule has 1 aliphatic rings. The van der Waals surface area contributed by atoms with E-state index in [1.54, 1.807) is 0 Å². The first-order valence-corrected chi connectivity index (χ1v) is 5.15. The second kappa shape index (κ2) is 3.53. The Morgan fingerprint density at radius 3 is 2.00 bits per heavy atom. The van der Waals surface area contributed by atoms with E-state index in [9.17, 15) is 0 Å². The molecule has 0 radical (unpaired) electrons.